The molecule has 1 aliphatic rings. The van der Waals surface area contributed by atoms with Crippen LogP contribution in [0.4, 0.5) is 0 Å². The van der Waals surface area contributed by atoms with Gasteiger partial charge in [0.05, 0.1) is 10.6 Å². The lowest BCUT2D eigenvalue weighted by Crippen LogP contribution is -2.48. The number of carbonyl (C=O) groups excluding carboxylic acids is 1. The fourth-order valence-electron chi connectivity index (χ4n) is 2.58. The Balaban J connectivity index is 1.61. The zero-order valence-corrected chi connectivity index (χ0v) is 14.3. The van der Waals surface area contributed by atoms with Crippen molar-refractivity contribution in [2.24, 2.45) is 0 Å². The number of hydrogen-bond donors (Lipinski definition) is 0. The second kappa shape index (κ2) is 7.01. The standard InChI is InChI=1S/C16H16Cl2N2OS/c17-13-1-2-15(18)14(9-13)16(21)20-6-4-19(5-7-20)10-12-3-8-22-11-12/h1-3,8-9,11H,4-7,10H2. The Hall–Kier alpha value is -1.07. The Morgan fingerprint density at radius 1 is 1.14 bits per heavy atom. The molecule has 22 heavy (non-hydrogen) atoms. The summed E-state index contributed by atoms with van der Waals surface area (Å²) in [6, 6.07) is 7.15. The molecule has 116 valence electrons. The van der Waals surface area contributed by atoms with Crippen molar-refractivity contribution >= 4 is 40.4 Å². The van der Waals surface area contributed by atoms with Crippen molar-refractivity contribution in [3.8, 4) is 0 Å². The van der Waals surface area contributed by atoms with Crippen molar-refractivity contribution in [3.63, 3.8) is 0 Å². The first kappa shape index (κ1) is 15.8. The second-order valence-corrected chi connectivity index (χ2v) is 6.95. The van der Waals surface area contributed by atoms with Gasteiger partial charge in [0.2, 0.25) is 0 Å². The molecule has 1 fully saturated rings. The molecule has 6 heteroatoms. The quantitative estimate of drug-likeness (QED) is 0.831. The van der Waals surface area contributed by atoms with Crippen LogP contribution in [0.3, 0.4) is 0 Å². The predicted molar refractivity (Wildman–Crippen MR) is 92.0 cm³/mol. The molecule has 1 aromatic carbocycles. The summed E-state index contributed by atoms with van der Waals surface area (Å²) in [7, 11) is 0. The van der Waals surface area contributed by atoms with Crippen LogP contribution in [0.2, 0.25) is 10.0 Å². The largest absolute Gasteiger partial charge is 0.336 e. The van der Waals surface area contributed by atoms with Crippen molar-refractivity contribution in [2.75, 3.05) is 26.2 Å². The predicted octanol–water partition coefficient (Wildman–Crippen LogP) is 4.01. The summed E-state index contributed by atoms with van der Waals surface area (Å²) in [6.07, 6.45) is 0. The van der Waals surface area contributed by atoms with Crippen molar-refractivity contribution in [1.29, 1.82) is 0 Å². The highest BCUT2D eigenvalue weighted by Gasteiger charge is 2.23. The Morgan fingerprint density at radius 2 is 1.91 bits per heavy atom. The van der Waals surface area contributed by atoms with E-state index >= 15 is 0 Å². The molecule has 0 unspecified atom stereocenters. The maximum Gasteiger partial charge on any atom is 0.255 e. The monoisotopic (exact) mass is 354 g/mol. The summed E-state index contributed by atoms with van der Waals surface area (Å²) < 4.78 is 0. The van der Waals surface area contributed by atoms with Gasteiger partial charge in [0.1, 0.15) is 0 Å². The zero-order valence-electron chi connectivity index (χ0n) is 12.0. The molecule has 2 aromatic rings. The van der Waals surface area contributed by atoms with E-state index in [0.717, 1.165) is 19.6 Å². The molecule has 1 saturated heterocycles. The van der Waals surface area contributed by atoms with E-state index in [9.17, 15) is 4.79 Å². The number of nitrogens with zero attached hydrogens (tertiary/aromatic N) is 2. The third-order valence-corrected chi connectivity index (χ3v) is 5.10. The van der Waals surface area contributed by atoms with Gasteiger partial charge in [-0.2, -0.15) is 11.3 Å². The van der Waals surface area contributed by atoms with Crippen LogP contribution in [0.15, 0.2) is 35.0 Å². The highest BCUT2D eigenvalue weighted by molar-refractivity contribution is 7.07. The van der Waals surface area contributed by atoms with Gasteiger partial charge < -0.3 is 4.90 Å². The number of piperazine rings is 1. The van der Waals surface area contributed by atoms with Gasteiger partial charge >= 0.3 is 0 Å². The van der Waals surface area contributed by atoms with E-state index in [-0.39, 0.29) is 5.91 Å². The summed E-state index contributed by atoms with van der Waals surface area (Å²) in [4.78, 5) is 16.8. The fraction of sp³-hybridized carbons (Fsp3) is 0.312. The number of halogens is 2. The van der Waals surface area contributed by atoms with Crippen LogP contribution in [-0.4, -0.2) is 41.9 Å². The smallest absolute Gasteiger partial charge is 0.255 e. The zero-order chi connectivity index (χ0) is 15.5. The number of thiophene rings is 1. The van der Waals surface area contributed by atoms with E-state index in [1.165, 1.54) is 5.56 Å². The minimum absolute atomic E-state index is 0.0392. The molecule has 1 aromatic heterocycles. The summed E-state index contributed by atoms with van der Waals surface area (Å²) in [5.41, 5.74) is 1.82. The van der Waals surface area contributed by atoms with Gasteiger partial charge in [0.15, 0.2) is 0 Å². The van der Waals surface area contributed by atoms with Crippen molar-refractivity contribution in [2.45, 2.75) is 6.54 Å². The van der Waals surface area contributed by atoms with Crippen LogP contribution in [-0.2, 0) is 6.54 Å². The minimum Gasteiger partial charge on any atom is -0.336 e. The van der Waals surface area contributed by atoms with Gasteiger partial charge in [0.25, 0.3) is 5.91 Å². The highest BCUT2D eigenvalue weighted by atomic mass is 35.5. The normalized spacial score (nSPS) is 16.0. The Kier molecular flexibility index (Phi) is 5.03. The molecule has 0 N–H and O–H groups in total. The third kappa shape index (κ3) is 3.63. The van der Waals surface area contributed by atoms with Gasteiger partial charge in [-0.3, -0.25) is 9.69 Å². The minimum atomic E-state index is -0.0392. The van der Waals surface area contributed by atoms with Crippen molar-refractivity contribution in [1.82, 2.24) is 9.80 Å². The lowest BCUT2D eigenvalue weighted by atomic mass is 10.1. The molecule has 0 aliphatic carbocycles. The second-order valence-electron chi connectivity index (χ2n) is 5.32. The maximum atomic E-state index is 12.6. The first-order valence-electron chi connectivity index (χ1n) is 7.11. The number of carbonyl (C=O) groups is 1. The fourth-order valence-corrected chi connectivity index (χ4v) is 3.61. The molecular weight excluding hydrogens is 339 g/mol. The van der Waals surface area contributed by atoms with Crippen LogP contribution in [0, 0.1) is 0 Å². The van der Waals surface area contributed by atoms with E-state index in [0.29, 0.717) is 28.7 Å². The lowest BCUT2D eigenvalue weighted by molar-refractivity contribution is 0.0629. The van der Waals surface area contributed by atoms with E-state index in [4.69, 9.17) is 23.2 Å². The molecular formula is C16H16Cl2N2OS. The topological polar surface area (TPSA) is 23.6 Å². The molecule has 1 aliphatic heterocycles. The summed E-state index contributed by atoms with van der Waals surface area (Å²) in [5.74, 6) is -0.0392. The first-order chi connectivity index (χ1) is 10.6. The average molecular weight is 355 g/mol. The Morgan fingerprint density at radius 3 is 2.59 bits per heavy atom. The van der Waals surface area contributed by atoms with E-state index in [1.807, 2.05) is 4.90 Å². The molecule has 0 atom stereocenters. The summed E-state index contributed by atoms with van der Waals surface area (Å²) in [5, 5.41) is 5.25. The molecule has 1 amide bonds. The molecule has 0 bridgehead atoms. The summed E-state index contributed by atoms with van der Waals surface area (Å²) in [6.45, 7) is 4.13. The Labute approximate surface area is 144 Å². The van der Waals surface area contributed by atoms with Gasteiger partial charge in [-0.1, -0.05) is 23.2 Å². The number of benzene rings is 1. The van der Waals surface area contributed by atoms with Crippen LogP contribution >= 0.6 is 34.5 Å². The highest BCUT2D eigenvalue weighted by Crippen LogP contribution is 2.23. The molecule has 0 spiro atoms. The summed E-state index contributed by atoms with van der Waals surface area (Å²) >= 11 is 13.8. The average Bonchev–Trinajstić information content (AvgIpc) is 3.03. The molecule has 3 rings (SSSR count). The van der Waals surface area contributed by atoms with Crippen molar-refractivity contribution in [3.05, 3.63) is 56.2 Å². The molecule has 0 saturated carbocycles. The van der Waals surface area contributed by atoms with Gasteiger partial charge in [-0.25, -0.2) is 0 Å². The van der Waals surface area contributed by atoms with E-state index in [2.05, 4.69) is 21.7 Å². The molecule has 2 heterocycles. The Bertz CT molecular complexity index is 652. The van der Waals surface area contributed by atoms with Crippen LogP contribution in [0.1, 0.15) is 15.9 Å². The molecule has 3 nitrogen and oxygen atoms in total. The number of hydrogen-bond acceptors (Lipinski definition) is 3. The number of rotatable bonds is 3. The van der Waals surface area contributed by atoms with Crippen molar-refractivity contribution < 1.29 is 4.79 Å². The van der Waals surface area contributed by atoms with Crippen LogP contribution in [0.25, 0.3) is 0 Å². The van der Waals surface area contributed by atoms with Crippen LogP contribution in [0.5, 0.6) is 0 Å². The third-order valence-electron chi connectivity index (χ3n) is 3.80. The van der Waals surface area contributed by atoms with Gasteiger partial charge in [-0.05, 0) is 40.6 Å². The van der Waals surface area contributed by atoms with E-state index in [1.54, 1.807) is 29.5 Å². The lowest BCUT2D eigenvalue weighted by Gasteiger charge is -2.34. The first-order valence-corrected chi connectivity index (χ1v) is 8.81. The SMILES string of the molecule is O=C(c1cc(Cl)ccc1Cl)N1CCN(Cc2ccsc2)CC1. The van der Waals surface area contributed by atoms with Crippen LogP contribution < -0.4 is 0 Å². The van der Waals surface area contributed by atoms with Gasteiger partial charge in [0, 0.05) is 37.7 Å². The maximum absolute atomic E-state index is 12.6. The van der Waals surface area contributed by atoms with Gasteiger partial charge in [-0.15, -0.1) is 0 Å². The molecule has 0 radical (unpaired) electrons. The van der Waals surface area contributed by atoms with E-state index < -0.39 is 0 Å². The number of amides is 1.